The first-order valence-corrected chi connectivity index (χ1v) is 6.67. The van der Waals surface area contributed by atoms with Crippen molar-refractivity contribution in [1.82, 2.24) is 15.3 Å². The van der Waals surface area contributed by atoms with Gasteiger partial charge >= 0.3 is 0 Å². The monoisotopic (exact) mass is 247 g/mol. The van der Waals surface area contributed by atoms with Crippen molar-refractivity contribution in [2.24, 2.45) is 0 Å². The molecule has 98 valence electrons. The lowest BCUT2D eigenvalue weighted by Crippen LogP contribution is -2.31. The van der Waals surface area contributed by atoms with Crippen LogP contribution in [0.25, 0.3) is 0 Å². The number of carbonyl (C=O) groups is 1. The molecular weight excluding hydrogens is 226 g/mol. The van der Waals surface area contributed by atoms with Gasteiger partial charge in [-0.15, -0.1) is 0 Å². The fourth-order valence-electron chi connectivity index (χ4n) is 1.76. The van der Waals surface area contributed by atoms with Gasteiger partial charge in [0.1, 0.15) is 11.5 Å². The van der Waals surface area contributed by atoms with Gasteiger partial charge in [0.2, 0.25) is 0 Å². The number of carbonyl (C=O) groups excluding carboxylic acids is 1. The van der Waals surface area contributed by atoms with E-state index >= 15 is 0 Å². The minimum absolute atomic E-state index is 0.101. The standard InChI is InChI=1S/C14H21N3O/c1-8(2)11-7-12(14(18)15-9(3)4)17-13(16-11)10-5-6-10/h7-10H,5-6H2,1-4H3,(H,15,18). The molecule has 0 bridgehead atoms. The summed E-state index contributed by atoms with van der Waals surface area (Å²) < 4.78 is 0. The molecule has 4 heteroatoms. The Morgan fingerprint density at radius 1 is 1.28 bits per heavy atom. The van der Waals surface area contributed by atoms with Gasteiger partial charge in [-0.3, -0.25) is 4.79 Å². The fourth-order valence-corrected chi connectivity index (χ4v) is 1.76. The quantitative estimate of drug-likeness (QED) is 0.889. The molecule has 18 heavy (non-hydrogen) atoms. The summed E-state index contributed by atoms with van der Waals surface area (Å²) in [6.07, 6.45) is 2.29. The Kier molecular flexibility index (Phi) is 3.64. The maximum absolute atomic E-state index is 12.0. The van der Waals surface area contributed by atoms with E-state index in [2.05, 4.69) is 29.1 Å². The van der Waals surface area contributed by atoms with E-state index in [9.17, 15) is 4.79 Å². The molecule has 0 aliphatic heterocycles. The van der Waals surface area contributed by atoms with Crippen molar-refractivity contribution in [2.45, 2.75) is 58.4 Å². The summed E-state index contributed by atoms with van der Waals surface area (Å²) in [4.78, 5) is 21.0. The molecule has 1 aromatic rings. The van der Waals surface area contributed by atoms with Crippen LogP contribution in [0, 0.1) is 0 Å². The number of hydrogen-bond acceptors (Lipinski definition) is 3. The number of hydrogen-bond donors (Lipinski definition) is 1. The van der Waals surface area contributed by atoms with E-state index in [4.69, 9.17) is 0 Å². The predicted octanol–water partition coefficient (Wildman–Crippen LogP) is 2.62. The van der Waals surface area contributed by atoms with Gasteiger partial charge in [0, 0.05) is 17.7 Å². The Morgan fingerprint density at radius 3 is 2.44 bits per heavy atom. The summed E-state index contributed by atoms with van der Waals surface area (Å²) in [5, 5.41) is 2.88. The van der Waals surface area contributed by atoms with Gasteiger partial charge in [-0.2, -0.15) is 0 Å². The first kappa shape index (κ1) is 13.0. The summed E-state index contributed by atoms with van der Waals surface area (Å²) in [6.45, 7) is 8.07. The van der Waals surface area contributed by atoms with Gasteiger partial charge < -0.3 is 5.32 Å². The molecule has 0 saturated heterocycles. The van der Waals surface area contributed by atoms with Crippen LogP contribution < -0.4 is 5.32 Å². The normalized spacial score (nSPS) is 15.2. The van der Waals surface area contributed by atoms with Crippen LogP contribution in [0.15, 0.2) is 6.07 Å². The Hall–Kier alpha value is -1.45. The lowest BCUT2D eigenvalue weighted by molar-refractivity contribution is 0.0937. The molecule has 0 aromatic carbocycles. The first-order chi connectivity index (χ1) is 8.47. The SMILES string of the molecule is CC(C)NC(=O)c1cc(C(C)C)nc(C2CC2)n1. The number of aromatic nitrogens is 2. The average molecular weight is 247 g/mol. The second-order valence-electron chi connectivity index (χ2n) is 5.59. The van der Waals surface area contributed by atoms with Crippen LogP contribution in [0.1, 0.15) is 74.4 Å². The lowest BCUT2D eigenvalue weighted by atomic mass is 10.1. The summed E-state index contributed by atoms with van der Waals surface area (Å²) >= 11 is 0. The van der Waals surface area contributed by atoms with Gasteiger partial charge in [-0.05, 0) is 38.7 Å². The zero-order valence-electron chi connectivity index (χ0n) is 11.5. The highest BCUT2D eigenvalue weighted by atomic mass is 16.1. The molecule has 0 radical (unpaired) electrons. The van der Waals surface area contributed by atoms with Crippen molar-refractivity contribution in [2.75, 3.05) is 0 Å². The Balaban J connectivity index is 2.30. The summed E-state index contributed by atoms with van der Waals surface area (Å²) in [7, 11) is 0. The van der Waals surface area contributed by atoms with Gasteiger partial charge in [-0.1, -0.05) is 13.8 Å². The topological polar surface area (TPSA) is 54.9 Å². The van der Waals surface area contributed by atoms with Crippen molar-refractivity contribution in [3.8, 4) is 0 Å². The van der Waals surface area contributed by atoms with Crippen molar-refractivity contribution in [1.29, 1.82) is 0 Å². The average Bonchev–Trinajstić information content (AvgIpc) is 3.11. The molecule has 4 nitrogen and oxygen atoms in total. The van der Waals surface area contributed by atoms with Crippen molar-refractivity contribution >= 4 is 5.91 Å². The highest BCUT2D eigenvalue weighted by Gasteiger charge is 2.28. The summed E-state index contributed by atoms with van der Waals surface area (Å²) in [6, 6.07) is 1.94. The molecule has 1 fully saturated rings. The number of rotatable bonds is 4. The van der Waals surface area contributed by atoms with Crippen LogP contribution >= 0.6 is 0 Å². The Bertz CT molecular complexity index is 430. The highest BCUT2D eigenvalue weighted by Crippen LogP contribution is 2.38. The molecule has 1 aromatic heterocycles. The third-order valence-electron chi connectivity index (χ3n) is 2.95. The highest BCUT2D eigenvalue weighted by molar-refractivity contribution is 5.92. The second kappa shape index (κ2) is 5.04. The molecule has 1 saturated carbocycles. The van der Waals surface area contributed by atoms with E-state index in [-0.39, 0.29) is 11.9 Å². The molecule has 0 spiro atoms. The minimum Gasteiger partial charge on any atom is -0.349 e. The van der Waals surface area contributed by atoms with Gasteiger partial charge in [0.05, 0.1) is 0 Å². The van der Waals surface area contributed by atoms with Crippen LogP contribution in [0.3, 0.4) is 0 Å². The summed E-state index contributed by atoms with van der Waals surface area (Å²) in [5.41, 5.74) is 1.46. The Labute approximate surface area is 108 Å². The van der Waals surface area contributed by atoms with Gasteiger partial charge in [0.15, 0.2) is 0 Å². The van der Waals surface area contributed by atoms with Crippen LogP contribution in [0.2, 0.25) is 0 Å². The number of nitrogens with zero attached hydrogens (tertiary/aromatic N) is 2. The van der Waals surface area contributed by atoms with Crippen LogP contribution in [0.5, 0.6) is 0 Å². The van der Waals surface area contributed by atoms with Crippen molar-refractivity contribution in [3.63, 3.8) is 0 Å². The molecule has 1 heterocycles. The van der Waals surface area contributed by atoms with E-state index in [1.54, 1.807) is 0 Å². The molecule has 1 aliphatic rings. The molecular formula is C14H21N3O. The van der Waals surface area contributed by atoms with E-state index in [1.807, 2.05) is 19.9 Å². The number of nitrogens with one attached hydrogen (secondary N) is 1. The van der Waals surface area contributed by atoms with Gasteiger partial charge in [-0.25, -0.2) is 9.97 Å². The van der Waals surface area contributed by atoms with E-state index in [1.165, 1.54) is 0 Å². The van der Waals surface area contributed by atoms with Crippen molar-refractivity contribution in [3.05, 3.63) is 23.3 Å². The Morgan fingerprint density at radius 2 is 1.94 bits per heavy atom. The maximum Gasteiger partial charge on any atom is 0.270 e. The predicted molar refractivity (Wildman–Crippen MR) is 70.7 cm³/mol. The lowest BCUT2D eigenvalue weighted by Gasteiger charge is -2.11. The van der Waals surface area contributed by atoms with E-state index in [0.29, 0.717) is 17.5 Å². The molecule has 1 N–H and O–H groups in total. The van der Waals surface area contributed by atoms with Crippen LogP contribution in [-0.2, 0) is 0 Å². The van der Waals surface area contributed by atoms with E-state index in [0.717, 1.165) is 24.4 Å². The second-order valence-corrected chi connectivity index (χ2v) is 5.59. The maximum atomic E-state index is 12.0. The smallest absolute Gasteiger partial charge is 0.270 e. The minimum atomic E-state index is -0.101. The van der Waals surface area contributed by atoms with Crippen LogP contribution in [-0.4, -0.2) is 21.9 Å². The summed E-state index contributed by atoms with van der Waals surface area (Å²) in [5.74, 6) is 1.52. The molecule has 2 rings (SSSR count). The van der Waals surface area contributed by atoms with Gasteiger partial charge in [0.25, 0.3) is 5.91 Å². The fraction of sp³-hybridized carbons (Fsp3) is 0.643. The van der Waals surface area contributed by atoms with E-state index < -0.39 is 0 Å². The third-order valence-corrected chi connectivity index (χ3v) is 2.95. The molecule has 1 amide bonds. The zero-order valence-corrected chi connectivity index (χ0v) is 11.5. The largest absolute Gasteiger partial charge is 0.349 e. The zero-order chi connectivity index (χ0) is 13.3. The third kappa shape index (κ3) is 3.06. The number of amides is 1. The molecule has 1 aliphatic carbocycles. The molecule has 0 atom stereocenters. The van der Waals surface area contributed by atoms with Crippen molar-refractivity contribution < 1.29 is 4.79 Å². The molecule has 0 unspecified atom stereocenters. The first-order valence-electron chi connectivity index (χ1n) is 6.67. The van der Waals surface area contributed by atoms with Crippen LogP contribution in [0.4, 0.5) is 0 Å².